The summed E-state index contributed by atoms with van der Waals surface area (Å²) in [5.74, 6) is 0. The van der Waals surface area contributed by atoms with Gasteiger partial charge in [0.2, 0.25) is 0 Å². The SMILES string of the molecule is CC.CC1CCNCCO1. The Bertz CT molecular complexity index is 58.3. The molecular formula is C8H19NO. The molecule has 1 aliphatic rings. The second-order valence-electron chi connectivity index (χ2n) is 2.22. The Morgan fingerprint density at radius 2 is 2.00 bits per heavy atom. The summed E-state index contributed by atoms with van der Waals surface area (Å²) in [5, 5.41) is 3.25. The minimum absolute atomic E-state index is 0.463. The maximum absolute atomic E-state index is 5.34. The molecule has 0 aromatic carbocycles. The molecule has 62 valence electrons. The number of hydrogen-bond acceptors (Lipinski definition) is 2. The van der Waals surface area contributed by atoms with Gasteiger partial charge in [-0.1, -0.05) is 13.8 Å². The van der Waals surface area contributed by atoms with Crippen molar-refractivity contribution in [3.63, 3.8) is 0 Å². The lowest BCUT2D eigenvalue weighted by Gasteiger charge is -2.04. The molecule has 0 amide bonds. The molecule has 1 heterocycles. The number of nitrogens with one attached hydrogen (secondary N) is 1. The maximum atomic E-state index is 5.34. The predicted octanol–water partition coefficient (Wildman–Crippen LogP) is 1.41. The summed E-state index contributed by atoms with van der Waals surface area (Å²) in [7, 11) is 0. The van der Waals surface area contributed by atoms with Gasteiger partial charge >= 0.3 is 0 Å². The van der Waals surface area contributed by atoms with Crippen molar-refractivity contribution in [2.75, 3.05) is 19.7 Å². The number of ether oxygens (including phenoxy) is 1. The molecule has 2 nitrogen and oxygen atoms in total. The van der Waals surface area contributed by atoms with Gasteiger partial charge in [0.1, 0.15) is 0 Å². The summed E-state index contributed by atoms with van der Waals surface area (Å²) in [6.07, 6.45) is 1.62. The van der Waals surface area contributed by atoms with E-state index in [4.69, 9.17) is 4.74 Å². The van der Waals surface area contributed by atoms with Crippen LogP contribution in [0.4, 0.5) is 0 Å². The van der Waals surface area contributed by atoms with Crippen LogP contribution >= 0.6 is 0 Å². The molecule has 0 aromatic rings. The third kappa shape index (κ3) is 4.77. The van der Waals surface area contributed by atoms with Gasteiger partial charge in [-0.25, -0.2) is 0 Å². The Morgan fingerprint density at radius 3 is 2.70 bits per heavy atom. The molecule has 10 heavy (non-hydrogen) atoms. The van der Waals surface area contributed by atoms with Gasteiger partial charge in [-0.05, 0) is 19.9 Å². The molecule has 1 atom stereocenters. The summed E-state index contributed by atoms with van der Waals surface area (Å²) in [4.78, 5) is 0. The summed E-state index contributed by atoms with van der Waals surface area (Å²) < 4.78 is 5.34. The minimum Gasteiger partial charge on any atom is -0.377 e. The largest absolute Gasteiger partial charge is 0.377 e. The Balaban J connectivity index is 0.000000371. The molecule has 1 unspecified atom stereocenters. The topological polar surface area (TPSA) is 21.3 Å². The maximum Gasteiger partial charge on any atom is 0.0594 e. The molecule has 0 saturated carbocycles. The lowest BCUT2D eigenvalue weighted by atomic mass is 10.3. The van der Waals surface area contributed by atoms with Crippen LogP contribution in [0.2, 0.25) is 0 Å². The molecule has 0 radical (unpaired) electrons. The van der Waals surface area contributed by atoms with Crippen LogP contribution in [-0.2, 0) is 4.74 Å². The molecule has 2 heteroatoms. The molecule has 1 rings (SSSR count). The van der Waals surface area contributed by atoms with Crippen molar-refractivity contribution in [1.82, 2.24) is 5.32 Å². The third-order valence-corrected chi connectivity index (χ3v) is 1.41. The second kappa shape index (κ2) is 7.03. The van der Waals surface area contributed by atoms with Gasteiger partial charge in [0, 0.05) is 6.54 Å². The third-order valence-electron chi connectivity index (χ3n) is 1.41. The highest BCUT2D eigenvalue weighted by atomic mass is 16.5. The smallest absolute Gasteiger partial charge is 0.0594 e. The van der Waals surface area contributed by atoms with Crippen LogP contribution in [0.5, 0.6) is 0 Å². The van der Waals surface area contributed by atoms with Gasteiger partial charge in [0.05, 0.1) is 12.7 Å². The van der Waals surface area contributed by atoms with Gasteiger partial charge in [-0.3, -0.25) is 0 Å². The quantitative estimate of drug-likeness (QED) is 0.556. The zero-order valence-corrected chi connectivity index (χ0v) is 7.31. The lowest BCUT2D eigenvalue weighted by molar-refractivity contribution is 0.0783. The van der Waals surface area contributed by atoms with Gasteiger partial charge in [-0.2, -0.15) is 0 Å². The molecule has 0 bridgehead atoms. The Morgan fingerprint density at radius 1 is 1.30 bits per heavy atom. The number of hydrogen-bond donors (Lipinski definition) is 1. The van der Waals surface area contributed by atoms with Crippen molar-refractivity contribution in [2.24, 2.45) is 0 Å². The average Bonchev–Trinajstić information content (AvgIpc) is 2.21. The molecule has 1 N–H and O–H groups in total. The Kier molecular flexibility index (Phi) is 6.98. The van der Waals surface area contributed by atoms with Crippen LogP contribution in [0.1, 0.15) is 27.2 Å². The highest BCUT2D eigenvalue weighted by molar-refractivity contribution is 4.58. The monoisotopic (exact) mass is 145 g/mol. The fourth-order valence-electron chi connectivity index (χ4n) is 0.846. The fourth-order valence-corrected chi connectivity index (χ4v) is 0.846. The Labute approximate surface area is 64.0 Å². The van der Waals surface area contributed by atoms with Crippen LogP contribution in [0.3, 0.4) is 0 Å². The lowest BCUT2D eigenvalue weighted by Crippen LogP contribution is -2.16. The summed E-state index contributed by atoms with van der Waals surface area (Å²) in [5.41, 5.74) is 0. The van der Waals surface area contributed by atoms with Crippen LogP contribution in [0.25, 0.3) is 0 Å². The van der Waals surface area contributed by atoms with Gasteiger partial charge in [-0.15, -0.1) is 0 Å². The first-order chi connectivity index (χ1) is 4.89. The van der Waals surface area contributed by atoms with Crippen LogP contribution < -0.4 is 5.32 Å². The van der Waals surface area contributed by atoms with Crippen molar-refractivity contribution in [3.05, 3.63) is 0 Å². The van der Waals surface area contributed by atoms with E-state index in [9.17, 15) is 0 Å². The van der Waals surface area contributed by atoms with E-state index in [-0.39, 0.29) is 0 Å². The van der Waals surface area contributed by atoms with Gasteiger partial charge in [0.15, 0.2) is 0 Å². The highest BCUT2D eigenvalue weighted by Crippen LogP contribution is 1.97. The summed E-state index contributed by atoms with van der Waals surface area (Å²) in [6.45, 7) is 9.12. The van der Waals surface area contributed by atoms with Gasteiger partial charge < -0.3 is 10.1 Å². The molecule has 0 aromatic heterocycles. The molecule has 0 aliphatic carbocycles. The van der Waals surface area contributed by atoms with Crippen LogP contribution in [-0.4, -0.2) is 25.8 Å². The summed E-state index contributed by atoms with van der Waals surface area (Å²) in [6, 6.07) is 0. The first-order valence-electron chi connectivity index (χ1n) is 4.22. The van der Waals surface area contributed by atoms with E-state index in [0.29, 0.717) is 6.10 Å². The number of rotatable bonds is 0. The van der Waals surface area contributed by atoms with Crippen molar-refractivity contribution in [2.45, 2.75) is 33.3 Å². The minimum atomic E-state index is 0.463. The van der Waals surface area contributed by atoms with E-state index < -0.39 is 0 Å². The zero-order chi connectivity index (χ0) is 7.82. The highest BCUT2D eigenvalue weighted by Gasteiger charge is 2.04. The van der Waals surface area contributed by atoms with E-state index in [2.05, 4.69) is 12.2 Å². The van der Waals surface area contributed by atoms with E-state index in [1.54, 1.807) is 0 Å². The first kappa shape index (κ1) is 9.92. The zero-order valence-electron chi connectivity index (χ0n) is 7.31. The molecule has 1 aliphatic heterocycles. The van der Waals surface area contributed by atoms with E-state index >= 15 is 0 Å². The van der Waals surface area contributed by atoms with Crippen LogP contribution in [0, 0.1) is 0 Å². The fraction of sp³-hybridized carbons (Fsp3) is 1.00. The van der Waals surface area contributed by atoms with Crippen LogP contribution in [0.15, 0.2) is 0 Å². The van der Waals surface area contributed by atoms with E-state index in [1.807, 2.05) is 13.8 Å². The van der Waals surface area contributed by atoms with Crippen molar-refractivity contribution in [3.8, 4) is 0 Å². The van der Waals surface area contributed by atoms with Crippen molar-refractivity contribution in [1.29, 1.82) is 0 Å². The second-order valence-corrected chi connectivity index (χ2v) is 2.22. The van der Waals surface area contributed by atoms with Crippen molar-refractivity contribution >= 4 is 0 Å². The average molecular weight is 145 g/mol. The van der Waals surface area contributed by atoms with Crippen molar-refractivity contribution < 1.29 is 4.74 Å². The summed E-state index contributed by atoms with van der Waals surface area (Å²) >= 11 is 0. The molecular weight excluding hydrogens is 126 g/mol. The molecule has 1 saturated heterocycles. The van der Waals surface area contributed by atoms with E-state index in [0.717, 1.165) is 26.1 Å². The van der Waals surface area contributed by atoms with E-state index in [1.165, 1.54) is 0 Å². The normalized spacial score (nSPS) is 26.1. The molecule has 0 spiro atoms. The predicted molar refractivity (Wildman–Crippen MR) is 44.2 cm³/mol. The standard InChI is InChI=1S/C6H13NO.C2H6/c1-6-2-3-7-4-5-8-6;1-2/h6-7H,2-5H2,1H3;1-2H3. The van der Waals surface area contributed by atoms with Gasteiger partial charge in [0.25, 0.3) is 0 Å². The Hall–Kier alpha value is -0.0800. The molecule has 1 fully saturated rings. The first-order valence-corrected chi connectivity index (χ1v) is 4.22.